The number of piperidine rings is 1. The third kappa shape index (κ3) is 4.01. The molecule has 1 N–H and O–H groups in total. The Labute approximate surface area is 161 Å². The first kappa shape index (κ1) is 18.4. The maximum Gasteiger partial charge on any atom is 0.225 e. The smallest absolute Gasteiger partial charge is 0.225 e. The highest BCUT2D eigenvalue weighted by molar-refractivity contribution is 7.22. The number of benzene rings is 1. The van der Waals surface area contributed by atoms with E-state index in [4.69, 9.17) is 9.47 Å². The summed E-state index contributed by atoms with van der Waals surface area (Å²) in [5.74, 6) is 0.560. The number of halogens is 1. The van der Waals surface area contributed by atoms with Crippen LogP contribution >= 0.6 is 11.3 Å². The molecule has 0 saturated carbocycles. The fourth-order valence-electron chi connectivity index (χ4n) is 3.56. The van der Waals surface area contributed by atoms with Crippen LogP contribution < -0.4 is 15.0 Å². The number of fused-ring (bicyclic) bond motifs is 1. The Hall–Kier alpha value is -1.93. The van der Waals surface area contributed by atoms with E-state index < -0.39 is 5.67 Å². The van der Waals surface area contributed by atoms with E-state index in [9.17, 15) is 4.79 Å². The van der Waals surface area contributed by atoms with Crippen molar-refractivity contribution in [3.05, 3.63) is 18.2 Å². The average molecular weight is 393 g/mol. The van der Waals surface area contributed by atoms with Crippen molar-refractivity contribution in [1.29, 1.82) is 0 Å². The van der Waals surface area contributed by atoms with Gasteiger partial charge in [-0.2, -0.15) is 0 Å². The maximum atomic E-state index is 15.1. The number of hydrogen-bond acceptors (Lipinski definition) is 6. The molecule has 2 saturated heterocycles. The number of thiazole rings is 1. The second-order valence-electron chi connectivity index (χ2n) is 7.25. The predicted molar refractivity (Wildman–Crippen MR) is 103 cm³/mol. The lowest BCUT2D eigenvalue weighted by molar-refractivity contribution is -0.125. The molecule has 2 aliphatic heterocycles. The molecule has 8 heteroatoms. The van der Waals surface area contributed by atoms with Crippen LogP contribution in [0, 0.1) is 5.92 Å². The SMILES string of the molecule is COc1ccc2sc(N3CCC(F)(CNC(=O)C4CCOC4)CC3)nc2c1. The van der Waals surface area contributed by atoms with Gasteiger partial charge in [-0.15, -0.1) is 0 Å². The Balaban J connectivity index is 1.34. The highest BCUT2D eigenvalue weighted by Crippen LogP contribution is 2.35. The number of carbonyl (C=O) groups excluding carboxylic acids is 1. The van der Waals surface area contributed by atoms with Crippen LogP contribution in [0.15, 0.2) is 18.2 Å². The van der Waals surface area contributed by atoms with Crippen LogP contribution in [0.3, 0.4) is 0 Å². The van der Waals surface area contributed by atoms with Crippen LogP contribution in [-0.2, 0) is 9.53 Å². The lowest BCUT2D eigenvalue weighted by atomic mass is 9.93. The monoisotopic (exact) mass is 393 g/mol. The van der Waals surface area contributed by atoms with Gasteiger partial charge in [0.05, 0.1) is 36.4 Å². The molecule has 27 heavy (non-hydrogen) atoms. The first-order valence-electron chi connectivity index (χ1n) is 9.30. The molecule has 6 nitrogen and oxygen atoms in total. The second-order valence-corrected chi connectivity index (χ2v) is 8.26. The molecule has 146 valence electrons. The van der Waals surface area contributed by atoms with Crippen molar-refractivity contribution in [2.45, 2.75) is 24.9 Å². The molecule has 2 fully saturated rings. The number of nitrogens with zero attached hydrogens (tertiary/aromatic N) is 2. The van der Waals surface area contributed by atoms with E-state index in [1.165, 1.54) is 0 Å². The zero-order valence-electron chi connectivity index (χ0n) is 15.4. The van der Waals surface area contributed by atoms with Crippen molar-refractivity contribution in [2.75, 3.05) is 44.9 Å². The van der Waals surface area contributed by atoms with Crippen LogP contribution in [-0.4, -0.2) is 56.5 Å². The minimum absolute atomic E-state index is 0.0766. The lowest BCUT2D eigenvalue weighted by Gasteiger charge is -2.36. The summed E-state index contributed by atoms with van der Waals surface area (Å²) in [6.45, 7) is 2.32. The molecule has 1 aromatic heterocycles. The van der Waals surface area contributed by atoms with Gasteiger partial charge in [-0.3, -0.25) is 4.79 Å². The first-order valence-corrected chi connectivity index (χ1v) is 10.1. The van der Waals surface area contributed by atoms with Crippen LogP contribution in [0.5, 0.6) is 5.75 Å². The summed E-state index contributed by atoms with van der Waals surface area (Å²) in [6, 6.07) is 5.84. The predicted octanol–water partition coefficient (Wildman–Crippen LogP) is 2.77. The number of aromatic nitrogens is 1. The second kappa shape index (κ2) is 7.59. The number of amides is 1. The van der Waals surface area contributed by atoms with Crippen LogP contribution in [0.4, 0.5) is 9.52 Å². The molecule has 0 radical (unpaired) electrons. The zero-order chi connectivity index (χ0) is 18.9. The Morgan fingerprint density at radius 1 is 1.48 bits per heavy atom. The fourth-order valence-corrected chi connectivity index (χ4v) is 4.56. The minimum Gasteiger partial charge on any atom is -0.497 e. The summed E-state index contributed by atoms with van der Waals surface area (Å²) in [5, 5.41) is 3.69. The first-order chi connectivity index (χ1) is 13.1. The largest absolute Gasteiger partial charge is 0.497 e. The standard InChI is InChI=1S/C19H24FN3O3S/c1-25-14-2-3-16-15(10-14)22-18(27-16)23-7-5-19(20,6-8-23)12-21-17(24)13-4-9-26-11-13/h2-3,10,13H,4-9,11-12H2,1H3,(H,21,24). The molecular formula is C19H24FN3O3S. The normalized spacial score (nSPS) is 22.1. The van der Waals surface area contributed by atoms with Gasteiger partial charge in [-0.05, 0) is 18.6 Å². The molecule has 2 aliphatic rings. The number of anilines is 1. The minimum atomic E-state index is -1.36. The third-order valence-electron chi connectivity index (χ3n) is 5.39. The van der Waals surface area contributed by atoms with Gasteiger partial charge in [-0.25, -0.2) is 9.37 Å². The molecule has 0 aliphatic carbocycles. The molecule has 2 aromatic rings. The Morgan fingerprint density at radius 2 is 2.30 bits per heavy atom. The summed E-state index contributed by atoms with van der Waals surface area (Å²) in [5.41, 5.74) is -0.455. The lowest BCUT2D eigenvalue weighted by Crippen LogP contribution is -2.49. The molecule has 3 heterocycles. The number of ether oxygens (including phenoxy) is 2. The fraction of sp³-hybridized carbons (Fsp3) is 0.579. The van der Waals surface area contributed by atoms with Gasteiger partial charge in [0.1, 0.15) is 11.4 Å². The third-order valence-corrected chi connectivity index (χ3v) is 6.49. The van der Waals surface area contributed by atoms with Gasteiger partial charge in [0.15, 0.2) is 5.13 Å². The molecular weight excluding hydrogens is 369 g/mol. The zero-order valence-corrected chi connectivity index (χ0v) is 16.2. The van der Waals surface area contributed by atoms with Crippen molar-refractivity contribution in [2.24, 2.45) is 5.92 Å². The summed E-state index contributed by atoms with van der Waals surface area (Å²) < 4.78 is 26.7. The van der Waals surface area contributed by atoms with Gasteiger partial charge in [-0.1, -0.05) is 11.3 Å². The van der Waals surface area contributed by atoms with Crippen molar-refractivity contribution in [3.8, 4) is 5.75 Å². The molecule has 4 rings (SSSR count). The number of hydrogen-bond donors (Lipinski definition) is 1. The maximum absolute atomic E-state index is 15.1. The van der Waals surface area contributed by atoms with Crippen molar-refractivity contribution in [1.82, 2.24) is 10.3 Å². The highest BCUT2D eigenvalue weighted by atomic mass is 32.1. The van der Waals surface area contributed by atoms with E-state index in [-0.39, 0.29) is 18.4 Å². The summed E-state index contributed by atoms with van der Waals surface area (Å²) in [6.07, 6.45) is 1.49. The number of carbonyl (C=O) groups is 1. The Bertz CT molecular complexity index is 814. The van der Waals surface area contributed by atoms with Gasteiger partial charge in [0, 0.05) is 38.6 Å². The Kier molecular flexibility index (Phi) is 5.19. The average Bonchev–Trinajstić information content (AvgIpc) is 3.36. The van der Waals surface area contributed by atoms with E-state index in [2.05, 4.69) is 15.2 Å². The van der Waals surface area contributed by atoms with Gasteiger partial charge < -0.3 is 19.7 Å². The summed E-state index contributed by atoms with van der Waals surface area (Å²) in [7, 11) is 1.64. The van der Waals surface area contributed by atoms with Crippen LogP contribution in [0.25, 0.3) is 10.2 Å². The van der Waals surface area contributed by atoms with Gasteiger partial charge in [0.2, 0.25) is 5.91 Å². The number of alkyl halides is 1. The van der Waals surface area contributed by atoms with E-state index in [0.29, 0.717) is 39.1 Å². The molecule has 0 spiro atoms. The number of nitrogens with one attached hydrogen (secondary N) is 1. The topological polar surface area (TPSA) is 63.7 Å². The molecule has 1 aromatic carbocycles. The van der Waals surface area contributed by atoms with E-state index in [1.807, 2.05) is 18.2 Å². The van der Waals surface area contributed by atoms with Crippen LogP contribution in [0.2, 0.25) is 0 Å². The number of rotatable bonds is 5. The Morgan fingerprint density at radius 3 is 3.00 bits per heavy atom. The van der Waals surface area contributed by atoms with Crippen LogP contribution in [0.1, 0.15) is 19.3 Å². The summed E-state index contributed by atoms with van der Waals surface area (Å²) in [4.78, 5) is 18.9. The highest BCUT2D eigenvalue weighted by Gasteiger charge is 2.36. The van der Waals surface area contributed by atoms with Gasteiger partial charge in [0.25, 0.3) is 0 Å². The molecule has 1 amide bonds. The molecule has 0 bridgehead atoms. The van der Waals surface area contributed by atoms with Crippen molar-refractivity contribution < 1.29 is 18.7 Å². The summed E-state index contributed by atoms with van der Waals surface area (Å²) >= 11 is 1.61. The molecule has 1 atom stereocenters. The quantitative estimate of drug-likeness (QED) is 0.846. The van der Waals surface area contributed by atoms with Crippen molar-refractivity contribution in [3.63, 3.8) is 0 Å². The van der Waals surface area contributed by atoms with E-state index in [0.717, 1.165) is 27.5 Å². The number of methoxy groups -OCH3 is 1. The van der Waals surface area contributed by atoms with Crippen molar-refractivity contribution >= 4 is 32.6 Å². The molecule has 1 unspecified atom stereocenters. The van der Waals surface area contributed by atoms with Gasteiger partial charge >= 0.3 is 0 Å². The van der Waals surface area contributed by atoms with E-state index in [1.54, 1.807) is 18.4 Å². The van der Waals surface area contributed by atoms with E-state index >= 15 is 4.39 Å².